The van der Waals surface area contributed by atoms with Gasteiger partial charge in [-0.2, -0.15) is 0 Å². The molecule has 3 N–H and O–H groups in total. The van der Waals surface area contributed by atoms with E-state index in [0.717, 1.165) is 11.1 Å². The largest absolute Gasteiger partial charge is 0.399 e. The van der Waals surface area contributed by atoms with E-state index in [1.807, 2.05) is 19.1 Å². The number of halogens is 2. The predicted octanol–water partition coefficient (Wildman–Crippen LogP) is 3.23. The number of hydrogen-bond donors (Lipinski definition) is 2. The number of rotatable bonds is 4. The van der Waals surface area contributed by atoms with Crippen molar-refractivity contribution in [1.29, 1.82) is 0 Å². The number of benzene rings is 2. The van der Waals surface area contributed by atoms with Crippen LogP contribution in [0.25, 0.3) is 0 Å². The van der Waals surface area contributed by atoms with Gasteiger partial charge in [-0.1, -0.05) is 29.8 Å². The average Bonchev–Trinajstić information content (AvgIpc) is 2.45. The van der Waals surface area contributed by atoms with E-state index in [-0.39, 0.29) is 22.9 Å². The molecular formula is C16H16ClFN2O. The van der Waals surface area contributed by atoms with Crippen LogP contribution >= 0.6 is 11.6 Å². The second-order valence-electron chi connectivity index (χ2n) is 4.79. The highest BCUT2D eigenvalue weighted by molar-refractivity contribution is 6.31. The summed E-state index contributed by atoms with van der Waals surface area (Å²) in [5.74, 6) is -0.762. The number of carbonyl (C=O) groups excluding carboxylic acids is 1. The fourth-order valence-corrected chi connectivity index (χ4v) is 2.24. The van der Waals surface area contributed by atoms with Crippen LogP contribution in [0.4, 0.5) is 10.1 Å². The monoisotopic (exact) mass is 306 g/mol. The first-order chi connectivity index (χ1) is 9.99. The van der Waals surface area contributed by atoms with Crippen molar-refractivity contribution in [2.75, 3.05) is 5.73 Å². The van der Waals surface area contributed by atoms with Crippen molar-refractivity contribution in [1.82, 2.24) is 5.32 Å². The number of carbonyl (C=O) groups is 1. The first-order valence-electron chi connectivity index (χ1n) is 6.52. The molecule has 3 nitrogen and oxygen atoms in total. The molecule has 2 aromatic carbocycles. The smallest absolute Gasteiger partial charge is 0.224 e. The molecule has 0 bridgehead atoms. The molecule has 5 heteroatoms. The minimum absolute atomic E-state index is 0.0904. The maximum absolute atomic E-state index is 13.6. The van der Waals surface area contributed by atoms with Crippen LogP contribution in [0.15, 0.2) is 36.4 Å². The summed E-state index contributed by atoms with van der Waals surface area (Å²) in [6, 6.07) is 9.89. The van der Waals surface area contributed by atoms with Gasteiger partial charge >= 0.3 is 0 Å². The standard InChI is InChI=1S/C16H16ClFN2O/c1-10-11(4-2-7-15(10)19)9-20-16(21)8-12-13(17)5-3-6-14(12)18/h2-7H,8-9,19H2,1H3,(H,20,21). The Kier molecular flexibility index (Phi) is 4.81. The van der Waals surface area contributed by atoms with Crippen LogP contribution in [0.1, 0.15) is 16.7 Å². The van der Waals surface area contributed by atoms with Crippen LogP contribution in [-0.2, 0) is 17.8 Å². The van der Waals surface area contributed by atoms with Gasteiger partial charge in [0.2, 0.25) is 5.91 Å². The zero-order valence-electron chi connectivity index (χ0n) is 11.6. The lowest BCUT2D eigenvalue weighted by atomic mass is 10.1. The summed E-state index contributed by atoms with van der Waals surface area (Å²) < 4.78 is 13.6. The Labute approximate surface area is 127 Å². The molecule has 0 aromatic heterocycles. The molecule has 110 valence electrons. The Morgan fingerprint density at radius 3 is 2.71 bits per heavy atom. The Balaban J connectivity index is 2.01. The molecule has 1 amide bonds. The third-order valence-electron chi connectivity index (χ3n) is 3.36. The molecular weight excluding hydrogens is 291 g/mol. The lowest BCUT2D eigenvalue weighted by Crippen LogP contribution is -2.25. The minimum atomic E-state index is -0.474. The third-order valence-corrected chi connectivity index (χ3v) is 3.72. The lowest BCUT2D eigenvalue weighted by Gasteiger charge is -2.10. The second kappa shape index (κ2) is 6.59. The van der Waals surface area contributed by atoms with E-state index in [9.17, 15) is 9.18 Å². The van der Waals surface area contributed by atoms with Crippen molar-refractivity contribution in [3.8, 4) is 0 Å². The fourth-order valence-electron chi connectivity index (χ4n) is 2.01. The Bertz CT molecular complexity index is 653. The minimum Gasteiger partial charge on any atom is -0.399 e. The maximum Gasteiger partial charge on any atom is 0.224 e. The second-order valence-corrected chi connectivity index (χ2v) is 5.19. The summed E-state index contributed by atoms with van der Waals surface area (Å²) in [4.78, 5) is 11.9. The van der Waals surface area contributed by atoms with Gasteiger partial charge in [0.25, 0.3) is 0 Å². The molecule has 2 aromatic rings. The predicted molar refractivity (Wildman–Crippen MR) is 82.6 cm³/mol. The number of hydrogen-bond acceptors (Lipinski definition) is 2. The van der Waals surface area contributed by atoms with Crippen LogP contribution in [0, 0.1) is 12.7 Å². The van der Waals surface area contributed by atoms with E-state index in [4.69, 9.17) is 17.3 Å². The van der Waals surface area contributed by atoms with Gasteiger partial charge in [-0.25, -0.2) is 4.39 Å². The first-order valence-corrected chi connectivity index (χ1v) is 6.90. The molecule has 0 spiro atoms. The summed E-state index contributed by atoms with van der Waals surface area (Å²) in [7, 11) is 0. The summed E-state index contributed by atoms with van der Waals surface area (Å²) >= 11 is 5.90. The van der Waals surface area contributed by atoms with Gasteiger partial charge < -0.3 is 11.1 Å². The van der Waals surface area contributed by atoms with E-state index >= 15 is 0 Å². The highest BCUT2D eigenvalue weighted by atomic mass is 35.5. The number of nitrogens with two attached hydrogens (primary N) is 1. The summed E-state index contributed by atoms with van der Waals surface area (Å²) in [6.45, 7) is 2.24. The van der Waals surface area contributed by atoms with Gasteiger partial charge in [0, 0.05) is 22.8 Å². The molecule has 21 heavy (non-hydrogen) atoms. The van der Waals surface area contributed by atoms with E-state index in [1.54, 1.807) is 12.1 Å². The van der Waals surface area contributed by atoms with Gasteiger partial charge in [0.1, 0.15) is 5.82 Å². The van der Waals surface area contributed by atoms with Gasteiger partial charge in [-0.3, -0.25) is 4.79 Å². The van der Waals surface area contributed by atoms with Crippen LogP contribution < -0.4 is 11.1 Å². The Hall–Kier alpha value is -2.07. The third kappa shape index (κ3) is 3.73. The molecule has 0 saturated heterocycles. The SMILES string of the molecule is Cc1c(N)cccc1CNC(=O)Cc1c(F)cccc1Cl. The molecule has 0 atom stereocenters. The van der Waals surface area contributed by atoms with Crippen molar-refractivity contribution in [3.05, 3.63) is 63.9 Å². The zero-order valence-corrected chi connectivity index (χ0v) is 12.4. The van der Waals surface area contributed by atoms with Crippen molar-refractivity contribution in [2.45, 2.75) is 19.9 Å². The van der Waals surface area contributed by atoms with Crippen molar-refractivity contribution in [2.24, 2.45) is 0 Å². The first kappa shape index (κ1) is 15.3. The molecule has 2 rings (SSSR count). The highest BCUT2D eigenvalue weighted by Gasteiger charge is 2.12. The highest BCUT2D eigenvalue weighted by Crippen LogP contribution is 2.19. The Morgan fingerprint density at radius 1 is 1.29 bits per heavy atom. The van der Waals surface area contributed by atoms with E-state index < -0.39 is 5.82 Å². The summed E-state index contributed by atoms with van der Waals surface area (Å²) in [5.41, 5.74) is 8.56. The molecule has 0 aliphatic heterocycles. The van der Waals surface area contributed by atoms with Crippen molar-refractivity contribution >= 4 is 23.2 Å². The Morgan fingerprint density at radius 2 is 2.00 bits per heavy atom. The van der Waals surface area contributed by atoms with Gasteiger partial charge in [0.05, 0.1) is 6.42 Å². The summed E-state index contributed by atoms with van der Waals surface area (Å²) in [5, 5.41) is 3.01. The van der Waals surface area contributed by atoms with E-state index in [0.29, 0.717) is 12.2 Å². The van der Waals surface area contributed by atoms with Gasteiger partial charge in [-0.05, 0) is 36.2 Å². The lowest BCUT2D eigenvalue weighted by molar-refractivity contribution is -0.120. The van der Waals surface area contributed by atoms with Gasteiger partial charge in [-0.15, -0.1) is 0 Å². The molecule has 0 aliphatic rings. The summed E-state index contributed by atoms with van der Waals surface area (Å²) in [6.07, 6.45) is -0.0904. The van der Waals surface area contributed by atoms with Gasteiger partial charge in [0.15, 0.2) is 0 Å². The van der Waals surface area contributed by atoms with Crippen LogP contribution in [0.5, 0.6) is 0 Å². The fraction of sp³-hybridized carbons (Fsp3) is 0.188. The normalized spacial score (nSPS) is 10.4. The zero-order chi connectivity index (χ0) is 15.4. The molecule has 0 unspecified atom stereocenters. The van der Waals surface area contributed by atoms with Crippen molar-refractivity contribution < 1.29 is 9.18 Å². The van der Waals surface area contributed by atoms with Crippen LogP contribution in [0.3, 0.4) is 0 Å². The van der Waals surface area contributed by atoms with Crippen LogP contribution in [-0.4, -0.2) is 5.91 Å². The molecule has 0 aliphatic carbocycles. The molecule has 0 fully saturated rings. The van der Waals surface area contributed by atoms with E-state index in [1.165, 1.54) is 12.1 Å². The molecule has 0 radical (unpaired) electrons. The van der Waals surface area contributed by atoms with Crippen molar-refractivity contribution in [3.63, 3.8) is 0 Å². The maximum atomic E-state index is 13.6. The number of anilines is 1. The topological polar surface area (TPSA) is 55.1 Å². The number of nitrogen functional groups attached to an aromatic ring is 1. The van der Waals surface area contributed by atoms with Crippen LogP contribution in [0.2, 0.25) is 5.02 Å². The quantitative estimate of drug-likeness (QED) is 0.852. The molecule has 0 saturated carbocycles. The van der Waals surface area contributed by atoms with E-state index in [2.05, 4.69) is 5.32 Å². The molecule has 0 heterocycles. The average molecular weight is 307 g/mol. The number of nitrogens with one attached hydrogen (secondary N) is 1. The number of amides is 1.